The number of aryl methyl sites for hydroxylation is 1. The number of hydrogen-bond donors (Lipinski definition) is 1. The number of aromatic nitrogens is 1. The number of halogens is 1. The van der Waals surface area contributed by atoms with Crippen molar-refractivity contribution < 1.29 is 13.9 Å². The minimum atomic E-state index is -0.466. The van der Waals surface area contributed by atoms with Crippen molar-refractivity contribution in [2.45, 2.75) is 0 Å². The summed E-state index contributed by atoms with van der Waals surface area (Å²) in [5.41, 5.74) is 1.46. The van der Waals surface area contributed by atoms with Gasteiger partial charge in [-0.25, -0.2) is 4.39 Å². The molecular weight excluding hydrogens is 283 g/mol. The van der Waals surface area contributed by atoms with Crippen LogP contribution in [0.25, 0.3) is 10.9 Å². The average molecular weight is 298 g/mol. The summed E-state index contributed by atoms with van der Waals surface area (Å²) in [6.07, 6.45) is 0. The van der Waals surface area contributed by atoms with E-state index in [4.69, 9.17) is 4.74 Å². The molecule has 0 aliphatic rings. The molecule has 0 unspecified atom stereocenters. The molecule has 1 N–H and O–H groups in total. The molecule has 0 bridgehead atoms. The average Bonchev–Trinajstić information content (AvgIpc) is 2.87. The van der Waals surface area contributed by atoms with Crippen molar-refractivity contribution in [1.82, 2.24) is 4.57 Å². The van der Waals surface area contributed by atoms with Crippen molar-refractivity contribution >= 4 is 22.5 Å². The van der Waals surface area contributed by atoms with Gasteiger partial charge in [-0.05, 0) is 30.3 Å². The van der Waals surface area contributed by atoms with E-state index < -0.39 is 5.82 Å². The Kier molecular flexibility index (Phi) is 3.55. The first kappa shape index (κ1) is 14.1. The Labute approximate surface area is 127 Å². The van der Waals surface area contributed by atoms with E-state index in [-0.39, 0.29) is 11.6 Å². The van der Waals surface area contributed by atoms with E-state index in [1.807, 2.05) is 18.2 Å². The smallest absolute Gasteiger partial charge is 0.272 e. The van der Waals surface area contributed by atoms with E-state index in [0.717, 1.165) is 10.9 Å². The normalized spacial score (nSPS) is 10.7. The van der Waals surface area contributed by atoms with Gasteiger partial charge in [0.1, 0.15) is 17.3 Å². The van der Waals surface area contributed by atoms with Crippen molar-refractivity contribution in [3.8, 4) is 5.75 Å². The zero-order chi connectivity index (χ0) is 15.7. The minimum absolute atomic E-state index is 0.157. The molecule has 1 heterocycles. The highest BCUT2D eigenvalue weighted by Gasteiger charge is 2.16. The number of methoxy groups -OCH3 is 1. The number of rotatable bonds is 3. The number of para-hydroxylation sites is 1. The van der Waals surface area contributed by atoms with Crippen LogP contribution >= 0.6 is 0 Å². The number of benzene rings is 2. The van der Waals surface area contributed by atoms with E-state index in [9.17, 15) is 9.18 Å². The van der Waals surface area contributed by atoms with E-state index in [0.29, 0.717) is 11.4 Å². The third-order valence-electron chi connectivity index (χ3n) is 3.62. The van der Waals surface area contributed by atoms with Crippen LogP contribution in [0.3, 0.4) is 0 Å². The number of carbonyl (C=O) groups is 1. The van der Waals surface area contributed by atoms with Crippen molar-refractivity contribution in [2.75, 3.05) is 12.4 Å². The fraction of sp³-hybridized carbons (Fsp3) is 0.118. The molecule has 5 heteroatoms. The molecule has 0 spiro atoms. The molecule has 1 amide bonds. The zero-order valence-electron chi connectivity index (χ0n) is 12.3. The lowest BCUT2D eigenvalue weighted by Gasteiger charge is -2.07. The summed E-state index contributed by atoms with van der Waals surface area (Å²) in [6, 6.07) is 13.4. The SMILES string of the molecule is COc1cccc2c1cc(C(=O)Nc1ccccc1F)n2C. The van der Waals surface area contributed by atoms with E-state index >= 15 is 0 Å². The van der Waals surface area contributed by atoms with Gasteiger partial charge in [0, 0.05) is 12.4 Å². The predicted octanol–water partition coefficient (Wildman–Crippen LogP) is 3.58. The topological polar surface area (TPSA) is 43.3 Å². The molecule has 0 aliphatic heterocycles. The second-order valence-corrected chi connectivity index (χ2v) is 4.92. The third kappa shape index (κ3) is 2.30. The predicted molar refractivity (Wildman–Crippen MR) is 83.8 cm³/mol. The molecule has 0 saturated heterocycles. The van der Waals surface area contributed by atoms with Gasteiger partial charge in [-0.15, -0.1) is 0 Å². The Morgan fingerprint density at radius 1 is 1.18 bits per heavy atom. The molecule has 4 nitrogen and oxygen atoms in total. The second-order valence-electron chi connectivity index (χ2n) is 4.92. The fourth-order valence-electron chi connectivity index (χ4n) is 2.48. The Hall–Kier alpha value is -2.82. The molecule has 2 aromatic carbocycles. The molecule has 0 aliphatic carbocycles. The summed E-state index contributed by atoms with van der Waals surface area (Å²) in [6.45, 7) is 0. The highest BCUT2D eigenvalue weighted by atomic mass is 19.1. The molecule has 0 fully saturated rings. The number of nitrogens with zero attached hydrogens (tertiary/aromatic N) is 1. The van der Waals surface area contributed by atoms with Crippen LogP contribution in [0.2, 0.25) is 0 Å². The summed E-state index contributed by atoms with van der Waals surface area (Å²) < 4.78 is 20.7. The molecule has 0 saturated carbocycles. The summed E-state index contributed by atoms with van der Waals surface area (Å²) in [5, 5.41) is 3.43. The molecule has 112 valence electrons. The van der Waals surface area contributed by atoms with Crippen molar-refractivity contribution in [1.29, 1.82) is 0 Å². The van der Waals surface area contributed by atoms with Crippen LogP contribution in [-0.4, -0.2) is 17.6 Å². The highest BCUT2D eigenvalue weighted by molar-refractivity contribution is 6.07. The second kappa shape index (κ2) is 5.52. The van der Waals surface area contributed by atoms with Crippen LogP contribution < -0.4 is 10.1 Å². The number of anilines is 1. The summed E-state index contributed by atoms with van der Waals surface area (Å²) in [4.78, 5) is 12.4. The summed E-state index contributed by atoms with van der Waals surface area (Å²) in [5.74, 6) is -0.143. The van der Waals surface area contributed by atoms with Crippen molar-refractivity contribution in [3.05, 3.63) is 60.0 Å². The van der Waals surface area contributed by atoms with Crippen LogP contribution in [0, 0.1) is 5.82 Å². The van der Waals surface area contributed by atoms with Gasteiger partial charge < -0.3 is 14.6 Å². The first-order valence-corrected chi connectivity index (χ1v) is 6.80. The molecule has 0 radical (unpaired) electrons. The molecular formula is C17H15FN2O2. The Morgan fingerprint density at radius 3 is 2.68 bits per heavy atom. The maximum absolute atomic E-state index is 13.6. The van der Waals surface area contributed by atoms with E-state index in [2.05, 4.69) is 5.32 Å². The molecule has 3 aromatic rings. The number of fused-ring (bicyclic) bond motifs is 1. The van der Waals surface area contributed by atoms with Crippen LogP contribution in [0.15, 0.2) is 48.5 Å². The van der Waals surface area contributed by atoms with Crippen molar-refractivity contribution in [2.24, 2.45) is 7.05 Å². The third-order valence-corrected chi connectivity index (χ3v) is 3.62. The van der Waals surface area contributed by atoms with Crippen molar-refractivity contribution in [3.63, 3.8) is 0 Å². The number of carbonyl (C=O) groups excluding carboxylic acids is 1. The fourth-order valence-corrected chi connectivity index (χ4v) is 2.48. The lowest BCUT2D eigenvalue weighted by molar-refractivity contribution is 0.101. The number of amides is 1. The Balaban J connectivity index is 2.01. The first-order valence-electron chi connectivity index (χ1n) is 6.80. The molecule has 3 rings (SSSR count). The van der Waals surface area contributed by atoms with Gasteiger partial charge in [0.15, 0.2) is 0 Å². The van der Waals surface area contributed by atoms with Gasteiger partial charge in [-0.1, -0.05) is 18.2 Å². The molecule has 22 heavy (non-hydrogen) atoms. The highest BCUT2D eigenvalue weighted by Crippen LogP contribution is 2.28. The monoisotopic (exact) mass is 298 g/mol. The summed E-state index contributed by atoms with van der Waals surface area (Å²) in [7, 11) is 3.37. The minimum Gasteiger partial charge on any atom is -0.496 e. The standard InChI is InChI=1S/C17H15FN2O2/c1-20-14-8-5-9-16(22-2)11(14)10-15(20)17(21)19-13-7-4-3-6-12(13)18/h3-10H,1-2H3,(H,19,21). The number of hydrogen-bond acceptors (Lipinski definition) is 2. The van der Waals surface area contributed by atoms with Gasteiger partial charge in [0.05, 0.1) is 18.3 Å². The van der Waals surface area contributed by atoms with Gasteiger partial charge >= 0.3 is 0 Å². The van der Waals surface area contributed by atoms with Gasteiger partial charge in [0.2, 0.25) is 0 Å². The van der Waals surface area contributed by atoms with E-state index in [1.165, 1.54) is 12.1 Å². The summed E-state index contributed by atoms with van der Waals surface area (Å²) >= 11 is 0. The Morgan fingerprint density at radius 2 is 1.95 bits per heavy atom. The molecule has 1 aromatic heterocycles. The lowest BCUT2D eigenvalue weighted by atomic mass is 10.2. The maximum atomic E-state index is 13.6. The van der Waals surface area contributed by atoms with Gasteiger partial charge in [0.25, 0.3) is 5.91 Å². The van der Waals surface area contributed by atoms with Crippen LogP contribution in [0.1, 0.15) is 10.5 Å². The van der Waals surface area contributed by atoms with Gasteiger partial charge in [-0.3, -0.25) is 4.79 Å². The van der Waals surface area contributed by atoms with Crippen LogP contribution in [0.5, 0.6) is 5.75 Å². The van der Waals surface area contributed by atoms with Gasteiger partial charge in [-0.2, -0.15) is 0 Å². The lowest BCUT2D eigenvalue weighted by Crippen LogP contribution is -2.16. The zero-order valence-corrected chi connectivity index (χ0v) is 12.3. The number of ether oxygens (including phenoxy) is 1. The van der Waals surface area contributed by atoms with Crippen LogP contribution in [0.4, 0.5) is 10.1 Å². The number of nitrogens with one attached hydrogen (secondary N) is 1. The van der Waals surface area contributed by atoms with Crippen LogP contribution in [-0.2, 0) is 7.05 Å². The Bertz CT molecular complexity index is 855. The van der Waals surface area contributed by atoms with E-state index in [1.54, 1.807) is 36.9 Å². The maximum Gasteiger partial charge on any atom is 0.272 e. The quantitative estimate of drug-likeness (QED) is 0.803. The molecule has 0 atom stereocenters. The first-order chi connectivity index (χ1) is 10.6. The largest absolute Gasteiger partial charge is 0.496 e.